The van der Waals surface area contributed by atoms with Crippen molar-refractivity contribution in [1.29, 1.82) is 0 Å². The van der Waals surface area contributed by atoms with E-state index >= 15 is 4.39 Å². The zero-order valence-corrected chi connectivity index (χ0v) is 16.0. The van der Waals surface area contributed by atoms with E-state index in [0.29, 0.717) is 36.6 Å². The predicted molar refractivity (Wildman–Crippen MR) is 104 cm³/mol. The highest BCUT2D eigenvalue weighted by Gasteiger charge is 2.32. The minimum Gasteiger partial charge on any atom is -0.489 e. The molecular weight excluding hydrogens is 365 g/mol. The molecule has 1 saturated heterocycles. The first-order valence-electron chi connectivity index (χ1n) is 9.68. The van der Waals surface area contributed by atoms with Crippen molar-refractivity contribution in [2.24, 2.45) is 0 Å². The quantitative estimate of drug-likeness (QED) is 0.817. The molecule has 150 valence electrons. The Labute approximate surface area is 161 Å². The van der Waals surface area contributed by atoms with Gasteiger partial charge in [-0.3, -0.25) is 4.79 Å². The SMILES string of the molecule is CCOc1c(N2CCN[C@H](C)C2)c(F)cc2c(=O)c(C(=O)O)cn(C3CC3)c12. The smallest absolute Gasteiger partial charge is 0.341 e. The van der Waals surface area contributed by atoms with Crippen molar-refractivity contribution in [3.05, 3.63) is 33.9 Å². The Balaban J connectivity index is 2.04. The minimum atomic E-state index is -1.31. The van der Waals surface area contributed by atoms with Gasteiger partial charge in [-0.15, -0.1) is 0 Å². The number of hydrogen-bond donors (Lipinski definition) is 2. The van der Waals surface area contributed by atoms with Crippen LogP contribution in [0.15, 0.2) is 17.1 Å². The average Bonchev–Trinajstić information content (AvgIpc) is 3.47. The molecule has 8 heteroatoms. The van der Waals surface area contributed by atoms with Crippen molar-refractivity contribution in [2.45, 2.75) is 38.8 Å². The summed E-state index contributed by atoms with van der Waals surface area (Å²) >= 11 is 0. The molecule has 2 aliphatic rings. The molecule has 2 heterocycles. The van der Waals surface area contributed by atoms with Crippen LogP contribution in [0, 0.1) is 5.82 Å². The molecule has 0 amide bonds. The lowest BCUT2D eigenvalue weighted by Crippen LogP contribution is -2.49. The van der Waals surface area contributed by atoms with Crippen molar-refractivity contribution in [1.82, 2.24) is 9.88 Å². The van der Waals surface area contributed by atoms with Crippen LogP contribution in [0.2, 0.25) is 0 Å². The Morgan fingerprint density at radius 3 is 2.79 bits per heavy atom. The van der Waals surface area contributed by atoms with E-state index in [0.717, 1.165) is 19.4 Å². The molecule has 1 atom stereocenters. The van der Waals surface area contributed by atoms with E-state index in [1.807, 2.05) is 18.7 Å². The molecule has 2 aromatic rings. The number of carbonyl (C=O) groups is 1. The van der Waals surface area contributed by atoms with Gasteiger partial charge in [0.05, 0.1) is 17.5 Å². The van der Waals surface area contributed by atoms with Crippen molar-refractivity contribution < 1.29 is 19.0 Å². The van der Waals surface area contributed by atoms with Gasteiger partial charge in [0.1, 0.15) is 11.3 Å². The Hall–Kier alpha value is -2.61. The van der Waals surface area contributed by atoms with Crippen LogP contribution in [0.3, 0.4) is 0 Å². The summed E-state index contributed by atoms with van der Waals surface area (Å²) in [6.07, 6.45) is 3.16. The minimum absolute atomic E-state index is 0.0553. The molecule has 0 unspecified atom stereocenters. The van der Waals surface area contributed by atoms with Gasteiger partial charge in [0.25, 0.3) is 0 Å². The first-order valence-corrected chi connectivity index (χ1v) is 9.68. The number of benzene rings is 1. The molecule has 1 aromatic carbocycles. The zero-order chi connectivity index (χ0) is 20.0. The van der Waals surface area contributed by atoms with Gasteiger partial charge in [0.2, 0.25) is 5.43 Å². The summed E-state index contributed by atoms with van der Waals surface area (Å²) < 4.78 is 22.9. The highest BCUT2D eigenvalue weighted by Crippen LogP contribution is 2.44. The number of carboxylic acids is 1. The van der Waals surface area contributed by atoms with Crippen LogP contribution >= 0.6 is 0 Å². The lowest BCUT2D eigenvalue weighted by atomic mass is 10.1. The maximum Gasteiger partial charge on any atom is 0.341 e. The maximum absolute atomic E-state index is 15.2. The molecule has 28 heavy (non-hydrogen) atoms. The molecule has 1 aliphatic carbocycles. The molecule has 1 aliphatic heterocycles. The van der Waals surface area contributed by atoms with Crippen LogP contribution in [0.5, 0.6) is 5.75 Å². The molecule has 7 nitrogen and oxygen atoms in total. The van der Waals surface area contributed by atoms with Gasteiger partial charge in [0, 0.05) is 37.9 Å². The topological polar surface area (TPSA) is 83.8 Å². The Kier molecular flexibility index (Phi) is 4.74. The lowest BCUT2D eigenvalue weighted by molar-refractivity contribution is 0.0694. The number of anilines is 1. The van der Waals surface area contributed by atoms with Gasteiger partial charge in [-0.1, -0.05) is 0 Å². The molecule has 1 aromatic heterocycles. The molecule has 0 bridgehead atoms. The Morgan fingerprint density at radius 2 is 2.18 bits per heavy atom. The summed E-state index contributed by atoms with van der Waals surface area (Å²) in [6, 6.07) is 1.46. The van der Waals surface area contributed by atoms with Gasteiger partial charge in [0.15, 0.2) is 11.6 Å². The number of halogens is 1. The molecule has 2 fully saturated rings. The highest BCUT2D eigenvalue weighted by molar-refractivity contribution is 5.97. The van der Waals surface area contributed by atoms with Gasteiger partial charge in [-0.25, -0.2) is 9.18 Å². The molecule has 0 spiro atoms. The Morgan fingerprint density at radius 1 is 1.43 bits per heavy atom. The van der Waals surface area contributed by atoms with Crippen LogP contribution in [-0.2, 0) is 0 Å². The predicted octanol–water partition coefficient (Wildman–Crippen LogP) is 2.37. The van der Waals surface area contributed by atoms with Crippen LogP contribution < -0.4 is 20.4 Å². The van der Waals surface area contributed by atoms with E-state index < -0.39 is 17.2 Å². The van der Waals surface area contributed by atoms with Crippen LogP contribution in [0.25, 0.3) is 10.9 Å². The number of aromatic carboxylic acids is 1. The van der Waals surface area contributed by atoms with Gasteiger partial charge < -0.3 is 24.6 Å². The second kappa shape index (κ2) is 7.09. The van der Waals surface area contributed by atoms with E-state index in [2.05, 4.69) is 5.32 Å². The normalized spacial score (nSPS) is 19.8. The zero-order valence-electron chi connectivity index (χ0n) is 16.0. The monoisotopic (exact) mass is 389 g/mol. The third-order valence-corrected chi connectivity index (χ3v) is 5.34. The van der Waals surface area contributed by atoms with E-state index in [-0.39, 0.29) is 23.0 Å². The summed E-state index contributed by atoms with van der Waals surface area (Å²) in [5.41, 5.74) is -0.189. The molecule has 2 N–H and O–H groups in total. The number of pyridine rings is 1. The maximum atomic E-state index is 15.2. The summed E-state index contributed by atoms with van der Waals surface area (Å²) in [5, 5.41) is 12.8. The fraction of sp³-hybridized carbons (Fsp3) is 0.500. The van der Waals surface area contributed by atoms with E-state index in [9.17, 15) is 14.7 Å². The molecular formula is C20H24FN3O4. The van der Waals surface area contributed by atoms with Crippen LogP contribution in [0.4, 0.5) is 10.1 Å². The first-order chi connectivity index (χ1) is 13.4. The number of nitrogens with zero attached hydrogens (tertiary/aromatic N) is 2. The van der Waals surface area contributed by atoms with Gasteiger partial charge in [-0.05, 0) is 32.8 Å². The van der Waals surface area contributed by atoms with Crippen molar-refractivity contribution in [3.63, 3.8) is 0 Å². The molecule has 4 rings (SSSR count). The van der Waals surface area contributed by atoms with E-state index in [1.165, 1.54) is 12.3 Å². The second-order valence-electron chi connectivity index (χ2n) is 7.48. The first kappa shape index (κ1) is 18.7. The third-order valence-electron chi connectivity index (χ3n) is 5.34. The van der Waals surface area contributed by atoms with E-state index in [4.69, 9.17) is 4.74 Å². The number of rotatable bonds is 5. The summed E-state index contributed by atoms with van der Waals surface area (Å²) in [7, 11) is 0. The van der Waals surface area contributed by atoms with Crippen LogP contribution in [-0.4, -0.2) is 47.9 Å². The summed E-state index contributed by atoms with van der Waals surface area (Å²) in [5.74, 6) is -1.54. The van der Waals surface area contributed by atoms with Crippen molar-refractivity contribution in [3.8, 4) is 5.75 Å². The number of aromatic nitrogens is 1. The number of hydrogen-bond acceptors (Lipinski definition) is 5. The third kappa shape index (κ3) is 3.11. The standard InChI is InChI=1S/C20H24FN3O4/c1-3-28-19-16-13(8-15(21)17(19)23-7-6-22-11(2)9-23)18(25)14(20(26)27)10-24(16)12-4-5-12/h8,10-12,22H,3-7,9H2,1-2H3,(H,26,27)/t11-/m1/s1. The number of ether oxygens (including phenoxy) is 1. The molecule has 0 radical (unpaired) electrons. The fourth-order valence-electron chi connectivity index (χ4n) is 3.95. The number of carboxylic acid groups (broad SMARTS) is 1. The number of fused-ring (bicyclic) bond motifs is 1. The molecule has 1 saturated carbocycles. The lowest BCUT2D eigenvalue weighted by Gasteiger charge is -2.35. The van der Waals surface area contributed by atoms with E-state index in [1.54, 1.807) is 4.57 Å². The summed E-state index contributed by atoms with van der Waals surface area (Å²) in [6.45, 7) is 6.11. The Bertz CT molecular complexity index is 999. The van der Waals surface area contributed by atoms with Crippen molar-refractivity contribution >= 4 is 22.6 Å². The van der Waals surface area contributed by atoms with Crippen LogP contribution in [0.1, 0.15) is 43.1 Å². The average molecular weight is 389 g/mol. The number of nitrogens with one attached hydrogen (secondary N) is 1. The summed E-state index contributed by atoms with van der Waals surface area (Å²) in [4.78, 5) is 26.3. The fourth-order valence-corrected chi connectivity index (χ4v) is 3.95. The highest BCUT2D eigenvalue weighted by atomic mass is 19.1. The largest absolute Gasteiger partial charge is 0.489 e. The van der Waals surface area contributed by atoms with Gasteiger partial charge in [-0.2, -0.15) is 0 Å². The van der Waals surface area contributed by atoms with Gasteiger partial charge >= 0.3 is 5.97 Å². The van der Waals surface area contributed by atoms with Crippen molar-refractivity contribution in [2.75, 3.05) is 31.1 Å². The number of piperazine rings is 1. The second-order valence-corrected chi connectivity index (χ2v) is 7.48.